The third kappa shape index (κ3) is 1.66. The molecule has 3 N–H and O–H groups in total. The summed E-state index contributed by atoms with van der Waals surface area (Å²) in [4.78, 5) is 22.7. The normalized spacial score (nSPS) is 18.5. The fraction of sp³-hybridized carbons (Fsp3) is 0.600. The van der Waals surface area contributed by atoms with Crippen LogP contribution in [0.5, 0.6) is 0 Å². The Labute approximate surface area is 63.1 Å². The second-order valence-electron chi connectivity index (χ2n) is 2.08. The topological polar surface area (TPSA) is 81.7 Å². The van der Waals surface area contributed by atoms with Crippen molar-refractivity contribution < 1.29 is 14.7 Å². The fourth-order valence-corrected chi connectivity index (χ4v) is 0.785. The van der Waals surface area contributed by atoms with E-state index in [9.17, 15) is 9.59 Å². The Morgan fingerprint density at radius 1 is 1.55 bits per heavy atom. The summed E-state index contributed by atoms with van der Waals surface area (Å²) in [5.41, 5.74) is 4.65. The van der Waals surface area contributed by atoms with Crippen LogP contribution in [0.1, 0.15) is 0 Å². The number of hydrazine groups is 1. The van der Waals surface area contributed by atoms with Gasteiger partial charge in [-0.3, -0.25) is 15.0 Å². The van der Waals surface area contributed by atoms with Crippen molar-refractivity contribution in [3.8, 4) is 0 Å². The molecule has 0 aromatic rings. The van der Waals surface area contributed by atoms with Crippen LogP contribution in [0.2, 0.25) is 0 Å². The van der Waals surface area contributed by atoms with Gasteiger partial charge in [-0.15, -0.1) is 0 Å². The Balaban J connectivity index is 2.51. The number of aliphatic hydroxyl groups is 1. The average Bonchev–Trinajstić information content (AvgIpc) is 1.99. The van der Waals surface area contributed by atoms with Crippen molar-refractivity contribution in [1.29, 1.82) is 0 Å². The lowest BCUT2D eigenvalue weighted by Crippen LogP contribution is -2.59. The highest BCUT2D eigenvalue weighted by Crippen LogP contribution is 1.90. The van der Waals surface area contributed by atoms with Crippen LogP contribution in [0, 0.1) is 0 Å². The molecule has 62 valence electrons. The molecule has 0 unspecified atom stereocenters. The molecule has 0 atom stereocenters. The van der Waals surface area contributed by atoms with Crippen LogP contribution < -0.4 is 10.9 Å². The van der Waals surface area contributed by atoms with Crippen LogP contribution in [-0.4, -0.2) is 41.6 Å². The molecule has 0 spiro atoms. The first-order valence-corrected chi connectivity index (χ1v) is 3.18. The number of nitrogens with one attached hydrogen (secondary N) is 2. The fourth-order valence-electron chi connectivity index (χ4n) is 0.785. The summed E-state index contributed by atoms with van der Waals surface area (Å²) in [7, 11) is 0. The number of amides is 2. The van der Waals surface area contributed by atoms with Crippen LogP contribution in [0.15, 0.2) is 0 Å². The highest BCUT2D eigenvalue weighted by molar-refractivity contribution is 6.35. The molecule has 1 aliphatic rings. The first-order valence-electron chi connectivity index (χ1n) is 3.18. The smallest absolute Gasteiger partial charge is 0.323 e. The van der Waals surface area contributed by atoms with Gasteiger partial charge < -0.3 is 10.0 Å². The maximum absolute atomic E-state index is 10.9. The van der Waals surface area contributed by atoms with Crippen LogP contribution in [0.3, 0.4) is 0 Å². The molecule has 0 bridgehead atoms. The van der Waals surface area contributed by atoms with E-state index in [1.807, 2.05) is 0 Å². The molecule has 6 nitrogen and oxygen atoms in total. The standard InChI is InChI=1S/C5H9N3O3/c9-2-1-8-3-6-7-4(10)5(8)11/h6,9H,1-3H2,(H,7,10). The summed E-state index contributed by atoms with van der Waals surface area (Å²) in [6, 6.07) is 0. The molecular weight excluding hydrogens is 150 g/mol. The third-order valence-electron chi connectivity index (χ3n) is 1.32. The maximum Gasteiger partial charge on any atom is 0.323 e. The van der Waals surface area contributed by atoms with E-state index in [2.05, 4.69) is 10.9 Å². The van der Waals surface area contributed by atoms with Gasteiger partial charge in [0.25, 0.3) is 0 Å². The number of rotatable bonds is 2. The van der Waals surface area contributed by atoms with Gasteiger partial charge in [-0.1, -0.05) is 0 Å². The summed E-state index contributed by atoms with van der Waals surface area (Å²) in [6.45, 7) is 0.283. The van der Waals surface area contributed by atoms with E-state index < -0.39 is 11.8 Å². The summed E-state index contributed by atoms with van der Waals surface area (Å²) in [6.07, 6.45) is 0. The van der Waals surface area contributed by atoms with Crippen LogP contribution >= 0.6 is 0 Å². The van der Waals surface area contributed by atoms with Gasteiger partial charge in [0.2, 0.25) is 0 Å². The molecule has 0 aromatic heterocycles. The summed E-state index contributed by atoms with van der Waals surface area (Å²) in [5.74, 6) is -1.30. The van der Waals surface area contributed by atoms with Crippen molar-refractivity contribution in [2.75, 3.05) is 19.8 Å². The monoisotopic (exact) mass is 159 g/mol. The Morgan fingerprint density at radius 3 is 2.91 bits per heavy atom. The lowest BCUT2D eigenvalue weighted by Gasteiger charge is -2.25. The molecule has 1 saturated heterocycles. The molecule has 1 aliphatic heterocycles. The second kappa shape index (κ2) is 3.31. The minimum absolute atomic E-state index is 0.138. The van der Waals surface area contributed by atoms with Crippen LogP contribution in [-0.2, 0) is 9.59 Å². The van der Waals surface area contributed by atoms with Gasteiger partial charge in [0, 0.05) is 6.54 Å². The summed E-state index contributed by atoms with van der Waals surface area (Å²) < 4.78 is 0. The van der Waals surface area contributed by atoms with Crippen LogP contribution in [0.4, 0.5) is 0 Å². The Kier molecular flexibility index (Phi) is 2.40. The largest absolute Gasteiger partial charge is 0.395 e. The van der Waals surface area contributed by atoms with Gasteiger partial charge in [0.1, 0.15) is 0 Å². The maximum atomic E-state index is 10.9. The first-order chi connectivity index (χ1) is 5.25. The lowest BCUT2D eigenvalue weighted by molar-refractivity contribution is -0.150. The van der Waals surface area contributed by atoms with Crippen LogP contribution in [0.25, 0.3) is 0 Å². The molecular formula is C5H9N3O3. The average molecular weight is 159 g/mol. The molecule has 1 rings (SSSR count). The van der Waals surface area contributed by atoms with Crippen molar-refractivity contribution >= 4 is 11.8 Å². The van der Waals surface area contributed by atoms with E-state index in [0.29, 0.717) is 0 Å². The third-order valence-corrected chi connectivity index (χ3v) is 1.32. The molecule has 2 amide bonds. The van der Waals surface area contributed by atoms with Gasteiger partial charge >= 0.3 is 11.8 Å². The molecule has 1 fully saturated rings. The van der Waals surface area contributed by atoms with E-state index in [1.165, 1.54) is 4.90 Å². The van der Waals surface area contributed by atoms with Gasteiger partial charge in [-0.2, -0.15) is 0 Å². The summed E-state index contributed by atoms with van der Waals surface area (Å²) >= 11 is 0. The second-order valence-corrected chi connectivity index (χ2v) is 2.08. The number of β-amino-alcohol motifs (C(OH)–C–C–N with tert-alkyl or cyclic N) is 1. The molecule has 0 saturated carbocycles. The Bertz CT molecular complexity index is 180. The molecule has 0 aliphatic carbocycles. The van der Waals surface area contributed by atoms with E-state index in [-0.39, 0.29) is 19.8 Å². The number of aliphatic hydroxyl groups excluding tert-OH is 1. The Hall–Kier alpha value is -1.14. The number of carbonyl (C=O) groups is 2. The van der Waals surface area contributed by atoms with Gasteiger partial charge in [-0.25, -0.2) is 5.43 Å². The van der Waals surface area contributed by atoms with Crippen molar-refractivity contribution in [2.45, 2.75) is 0 Å². The van der Waals surface area contributed by atoms with Crippen molar-refractivity contribution in [3.05, 3.63) is 0 Å². The predicted molar refractivity (Wildman–Crippen MR) is 34.9 cm³/mol. The SMILES string of the molecule is O=C1NNCN(CCO)C1=O. The zero-order chi connectivity index (χ0) is 8.27. The number of carbonyl (C=O) groups excluding carboxylic acids is 2. The van der Waals surface area contributed by atoms with E-state index in [0.717, 1.165) is 0 Å². The minimum atomic E-state index is -0.690. The van der Waals surface area contributed by atoms with Crippen molar-refractivity contribution in [1.82, 2.24) is 15.8 Å². The zero-order valence-corrected chi connectivity index (χ0v) is 5.83. The quantitative estimate of drug-likeness (QED) is 0.386. The molecule has 1 heterocycles. The Morgan fingerprint density at radius 2 is 2.27 bits per heavy atom. The minimum Gasteiger partial charge on any atom is -0.395 e. The summed E-state index contributed by atoms with van der Waals surface area (Å²) in [5, 5.41) is 8.47. The van der Waals surface area contributed by atoms with E-state index >= 15 is 0 Å². The van der Waals surface area contributed by atoms with E-state index in [1.54, 1.807) is 0 Å². The zero-order valence-electron chi connectivity index (χ0n) is 5.83. The molecule has 11 heavy (non-hydrogen) atoms. The lowest BCUT2D eigenvalue weighted by atomic mass is 10.4. The van der Waals surface area contributed by atoms with E-state index in [4.69, 9.17) is 5.11 Å². The molecule has 0 radical (unpaired) electrons. The van der Waals surface area contributed by atoms with Crippen molar-refractivity contribution in [3.63, 3.8) is 0 Å². The predicted octanol–water partition coefficient (Wildman–Crippen LogP) is -2.60. The highest BCUT2D eigenvalue weighted by atomic mass is 16.3. The first kappa shape index (κ1) is 7.96. The van der Waals surface area contributed by atoms with Gasteiger partial charge in [0.05, 0.1) is 13.3 Å². The molecule has 6 heteroatoms. The van der Waals surface area contributed by atoms with Crippen molar-refractivity contribution in [2.24, 2.45) is 0 Å². The number of nitrogens with zero attached hydrogens (tertiary/aromatic N) is 1. The van der Waals surface area contributed by atoms with Gasteiger partial charge in [0.15, 0.2) is 0 Å². The number of hydrogen-bond acceptors (Lipinski definition) is 4. The molecule has 0 aromatic carbocycles. The van der Waals surface area contributed by atoms with Gasteiger partial charge in [-0.05, 0) is 0 Å². The number of hydrogen-bond donors (Lipinski definition) is 3. The highest BCUT2D eigenvalue weighted by Gasteiger charge is 2.24.